The summed E-state index contributed by atoms with van der Waals surface area (Å²) in [6.45, 7) is 5.76. The Morgan fingerprint density at radius 1 is 1.33 bits per heavy atom. The molecule has 0 aliphatic rings. The van der Waals surface area contributed by atoms with Gasteiger partial charge >= 0.3 is 0 Å². The molecule has 7 nitrogen and oxygen atoms in total. The highest BCUT2D eigenvalue weighted by Crippen LogP contribution is 2.32. The van der Waals surface area contributed by atoms with Crippen molar-refractivity contribution in [2.24, 2.45) is 10.9 Å². The molecule has 7 heteroatoms. The SMILES string of the molecule is COc1ccc(N=Cc2c(C)c(C#N)c(=O)n(CC(C)C)c2O)c(OC)c1. The number of ether oxygens (including phenoxy) is 2. The number of hydrogen-bond acceptors (Lipinski definition) is 6. The fourth-order valence-electron chi connectivity index (χ4n) is 2.69. The predicted molar refractivity (Wildman–Crippen MR) is 103 cm³/mol. The Morgan fingerprint density at radius 3 is 2.59 bits per heavy atom. The van der Waals surface area contributed by atoms with E-state index in [4.69, 9.17) is 9.47 Å². The van der Waals surface area contributed by atoms with Crippen LogP contribution in [0.2, 0.25) is 0 Å². The zero-order chi connectivity index (χ0) is 20.1. The summed E-state index contributed by atoms with van der Waals surface area (Å²) in [7, 11) is 3.08. The highest BCUT2D eigenvalue weighted by atomic mass is 16.5. The molecule has 0 saturated carbocycles. The lowest BCUT2D eigenvalue weighted by molar-refractivity contribution is 0.381. The molecular formula is C20H23N3O4. The van der Waals surface area contributed by atoms with E-state index in [2.05, 4.69) is 4.99 Å². The van der Waals surface area contributed by atoms with E-state index >= 15 is 0 Å². The van der Waals surface area contributed by atoms with Gasteiger partial charge in [0.25, 0.3) is 5.56 Å². The Balaban J connectivity index is 2.61. The van der Waals surface area contributed by atoms with Crippen molar-refractivity contribution in [2.45, 2.75) is 27.3 Å². The molecule has 0 radical (unpaired) electrons. The molecule has 142 valence electrons. The molecule has 2 rings (SSSR count). The second-order valence-electron chi connectivity index (χ2n) is 6.45. The minimum atomic E-state index is -0.500. The van der Waals surface area contributed by atoms with Crippen LogP contribution in [0.1, 0.15) is 30.5 Å². The Kier molecular flexibility index (Phi) is 6.24. The van der Waals surface area contributed by atoms with E-state index in [0.717, 1.165) is 0 Å². The predicted octanol–water partition coefficient (Wildman–Crippen LogP) is 3.16. The molecule has 0 unspecified atom stereocenters. The number of benzene rings is 1. The largest absolute Gasteiger partial charge is 0.497 e. The lowest BCUT2D eigenvalue weighted by Gasteiger charge is -2.15. The first-order valence-electron chi connectivity index (χ1n) is 8.46. The van der Waals surface area contributed by atoms with Gasteiger partial charge in [0, 0.05) is 18.8 Å². The van der Waals surface area contributed by atoms with Gasteiger partial charge in [0.15, 0.2) is 0 Å². The zero-order valence-electron chi connectivity index (χ0n) is 16.1. The first-order chi connectivity index (χ1) is 12.8. The van der Waals surface area contributed by atoms with Crippen LogP contribution in [-0.4, -0.2) is 30.1 Å². The van der Waals surface area contributed by atoms with E-state index in [1.807, 2.05) is 19.9 Å². The van der Waals surface area contributed by atoms with E-state index in [1.165, 1.54) is 17.9 Å². The molecule has 27 heavy (non-hydrogen) atoms. The van der Waals surface area contributed by atoms with Crippen molar-refractivity contribution >= 4 is 11.9 Å². The fourth-order valence-corrected chi connectivity index (χ4v) is 2.69. The fraction of sp³-hybridized carbons (Fsp3) is 0.350. The van der Waals surface area contributed by atoms with E-state index in [1.54, 1.807) is 32.2 Å². The van der Waals surface area contributed by atoms with Crippen molar-refractivity contribution < 1.29 is 14.6 Å². The van der Waals surface area contributed by atoms with Crippen LogP contribution in [0, 0.1) is 24.2 Å². The van der Waals surface area contributed by atoms with Crippen molar-refractivity contribution in [3.05, 3.63) is 45.2 Å². The number of aromatic nitrogens is 1. The third-order valence-electron chi connectivity index (χ3n) is 4.11. The number of pyridine rings is 1. The van der Waals surface area contributed by atoms with Gasteiger partial charge in [-0.25, -0.2) is 0 Å². The second kappa shape index (κ2) is 8.41. The monoisotopic (exact) mass is 369 g/mol. The summed E-state index contributed by atoms with van der Waals surface area (Å²) in [5.41, 5.74) is 0.732. The first kappa shape index (κ1) is 20.0. The highest BCUT2D eigenvalue weighted by molar-refractivity contribution is 5.88. The number of nitrogens with zero attached hydrogens (tertiary/aromatic N) is 3. The minimum Gasteiger partial charge on any atom is -0.497 e. The Hall–Kier alpha value is -3.27. The summed E-state index contributed by atoms with van der Waals surface area (Å²) in [6.07, 6.45) is 1.44. The number of nitriles is 1. The van der Waals surface area contributed by atoms with Crippen molar-refractivity contribution in [1.29, 1.82) is 5.26 Å². The number of hydrogen-bond donors (Lipinski definition) is 1. The van der Waals surface area contributed by atoms with Gasteiger partial charge in [-0.1, -0.05) is 13.8 Å². The summed E-state index contributed by atoms with van der Waals surface area (Å²) in [6, 6.07) is 7.08. The van der Waals surface area contributed by atoms with Gasteiger partial charge in [0.1, 0.15) is 28.8 Å². The molecule has 0 aliphatic heterocycles. The van der Waals surface area contributed by atoms with Gasteiger partial charge in [-0.3, -0.25) is 14.4 Å². The number of rotatable bonds is 6. The molecule has 0 amide bonds. The number of aliphatic imine (C=N–C) groups is 1. The normalized spacial score (nSPS) is 11.0. The molecule has 1 N–H and O–H groups in total. The van der Waals surface area contributed by atoms with E-state index in [-0.39, 0.29) is 17.4 Å². The second-order valence-corrected chi connectivity index (χ2v) is 6.45. The smallest absolute Gasteiger partial charge is 0.271 e. The molecule has 1 aromatic carbocycles. The molecule has 0 atom stereocenters. The number of methoxy groups -OCH3 is 2. The maximum Gasteiger partial charge on any atom is 0.271 e. The molecule has 0 fully saturated rings. The van der Waals surface area contributed by atoms with E-state index in [9.17, 15) is 15.2 Å². The van der Waals surface area contributed by atoms with Gasteiger partial charge in [-0.05, 0) is 30.5 Å². The topological polar surface area (TPSA) is 96.8 Å². The average Bonchev–Trinajstić information content (AvgIpc) is 2.65. The molecule has 0 saturated heterocycles. The lowest BCUT2D eigenvalue weighted by atomic mass is 10.1. The minimum absolute atomic E-state index is 0.00315. The zero-order valence-corrected chi connectivity index (χ0v) is 16.1. The summed E-state index contributed by atoms with van der Waals surface area (Å²) in [5, 5.41) is 20.0. The van der Waals surface area contributed by atoms with Crippen molar-refractivity contribution in [3.8, 4) is 23.4 Å². The van der Waals surface area contributed by atoms with Crippen LogP contribution < -0.4 is 15.0 Å². The Labute approximate surface area is 158 Å². The molecule has 0 spiro atoms. The van der Waals surface area contributed by atoms with Crippen molar-refractivity contribution in [1.82, 2.24) is 4.57 Å². The quantitative estimate of drug-likeness (QED) is 0.789. The van der Waals surface area contributed by atoms with Crippen LogP contribution in [0.25, 0.3) is 0 Å². The third-order valence-corrected chi connectivity index (χ3v) is 4.11. The van der Waals surface area contributed by atoms with Gasteiger partial charge in [0.2, 0.25) is 5.88 Å². The summed E-state index contributed by atoms with van der Waals surface area (Å²) < 4.78 is 11.7. The van der Waals surface area contributed by atoms with Gasteiger partial charge in [0.05, 0.1) is 19.8 Å². The average molecular weight is 369 g/mol. The van der Waals surface area contributed by atoms with Crippen LogP contribution in [0.5, 0.6) is 17.4 Å². The van der Waals surface area contributed by atoms with Gasteiger partial charge in [-0.15, -0.1) is 0 Å². The van der Waals surface area contributed by atoms with Crippen LogP contribution in [-0.2, 0) is 6.54 Å². The molecule has 1 heterocycles. The molecule has 2 aromatic rings. The van der Waals surface area contributed by atoms with E-state index < -0.39 is 5.56 Å². The lowest BCUT2D eigenvalue weighted by Crippen LogP contribution is -2.27. The summed E-state index contributed by atoms with van der Waals surface area (Å²) in [5.74, 6) is 1.04. The van der Waals surface area contributed by atoms with Gasteiger partial charge < -0.3 is 14.6 Å². The molecule has 1 aromatic heterocycles. The van der Waals surface area contributed by atoms with Crippen molar-refractivity contribution in [2.75, 3.05) is 14.2 Å². The van der Waals surface area contributed by atoms with E-state index in [0.29, 0.717) is 34.9 Å². The molecule has 0 bridgehead atoms. The van der Waals surface area contributed by atoms with Crippen LogP contribution >= 0.6 is 0 Å². The first-order valence-corrected chi connectivity index (χ1v) is 8.46. The van der Waals surface area contributed by atoms with Crippen LogP contribution in [0.4, 0.5) is 5.69 Å². The highest BCUT2D eigenvalue weighted by Gasteiger charge is 2.18. The van der Waals surface area contributed by atoms with Crippen molar-refractivity contribution in [3.63, 3.8) is 0 Å². The standard InChI is InChI=1S/C20H23N3O4/c1-12(2)11-23-19(24)15(9-21)13(3)16(20(23)25)10-22-17-7-6-14(26-4)8-18(17)27-5/h6-8,10,12,25H,11H2,1-5H3. The summed E-state index contributed by atoms with van der Waals surface area (Å²) >= 11 is 0. The molecule has 0 aliphatic carbocycles. The maximum absolute atomic E-state index is 12.5. The third kappa shape index (κ3) is 4.11. The summed E-state index contributed by atoms with van der Waals surface area (Å²) in [4.78, 5) is 16.9. The Bertz CT molecular complexity index is 969. The van der Waals surface area contributed by atoms with Gasteiger partial charge in [-0.2, -0.15) is 5.26 Å². The Morgan fingerprint density at radius 2 is 2.04 bits per heavy atom. The van der Waals surface area contributed by atoms with Crippen LogP contribution in [0.3, 0.4) is 0 Å². The number of aromatic hydroxyl groups is 1. The maximum atomic E-state index is 12.5. The van der Waals surface area contributed by atoms with Crippen LogP contribution in [0.15, 0.2) is 28.0 Å². The molecular weight excluding hydrogens is 346 g/mol.